The summed E-state index contributed by atoms with van der Waals surface area (Å²) in [6.07, 6.45) is 1.73. The number of nitrogens with one attached hydrogen (secondary N) is 2. The van der Waals surface area contributed by atoms with Crippen LogP contribution in [0.1, 0.15) is 12.8 Å². The molecule has 0 bridgehead atoms. The Morgan fingerprint density at radius 2 is 1.81 bits per heavy atom. The molecule has 27 heavy (non-hydrogen) atoms. The van der Waals surface area contributed by atoms with E-state index in [2.05, 4.69) is 27.5 Å². The Bertz CT molecular complexity index is 933. The number of carbonyl (C=O) groups is 1. The lowest BCUT2D eigenvalue weighted by atomic mass is 9.96. The zero-order valence-electron chi connectivity index (χ0n) is 15.0. The van der Waals surface area contributed by atoms with E-state index in [0.717, 1.165) is 48.0 Å². The summed E-state index contributed by atoms with van der Waals surface area (Å²) in [5, 5.41) is 11.1. The number of aromatic amines is 1. The number of rotatable bonds is 3. The fourth-order valence-corrected chi connectivity index (χ4v) is 3.42. The van der Waals surface area contributed by atoms with Gasteiger partial charge in [-0.3, -0.25) is 9.89 Å². The minimum absolute atomic E-state index is 0. The van der Waals surface area contributed by atoms with Crippen LogP contribution in [0.25, 0.3) is 22.0 Å². The van der Waals surface area contributed by atoms with Crippen LogP contribution in [-0.2, 0) is 4.79 Å². The number of carbonyl (C=O) groups excluding carboxylic acids is 1. The molecule has 1 amide bonds. The first-order valence-electron chi connectivity index (χ1n) is 8.83. The molecule has 1 aliphatic heterocycles. The van der Waals surface area contributed by atoms with Gasteiger partial charge in [-0.2, -0.15) is 5.10 Å². The van der Waals surface area contributed by atoms with Crippen LogP contribution in [-0.4, -0.2) is 41.1 Å². The number of aromatic nitrogens is 2. The van der Waals surface area contributed by atoms with E-state index in [0.29, 0.717) is 5.82 Å². The SMILES string of the molecule is CN1CCC(C(=O)Nc2n[nH]c3ccc(-c4ccc(F)cc4)cc23)CC1.Cl. The Balaban J connectivity index is 0.00000210. The molecule has 3 aromatic rings. The number of likely N-dealkylation sites (tertiary alicyclic amines) is 1. The van der Waals surface area contributed by atoms with Gasteiger partial charge in [0, 0.05) is 11.3 Å². The molecule has 1 saturated heterocycles. The van der Waals surface area contributed by atoms with Crippen molar-refractivity contribution in [2.75, 3.05) is 25.5 Å². The summed E-state index contributed by atoms with van der Waals surface area (Å²) < 4.78 is 13.1. The summed E-state index contributed by atoms with van der Waals surface area (Å²) >= 11 is 0. The highest BCUT2D eigenvalue weighted by molar-refractivity contribution is 6.01. The van der Waals surface area contributed by atoms with Crippen molar-refractivity contribution in [3.8, 4) is 11.1 Å². The monoisotopic (exact) mass is 388 g/mol. The molecule has 1 fully saturated rings. The molecule has 0 saturated carbocycles. The molecule has 1 aliphatic rings. The molecule has 2 aromatic carbocycles. The third-order valence-electron chi connectivity index (χ3n) is 5.07. The van der Waals surface area contributed by atoms with Crippen molar-refractivity contribution in [1.82, 2.24) is 15.1 Å². The summed E-state index contributed by atoms with van der Waals surface area (Å²) in [5.41, 5.74) is 2.73. The largest absolute Gasteiger partial charge is 0.308 e. The molecule has 0 atom stereocenters. The lowest BCUT2D eigenvalue weighted by Gasteiger charge is -2.27. The smallest absolute Gasteiger partial charge is 0.228 e. The average Bonchev–Trinajstić information content (AvgIpc) is 3.05. The van der Waals surface area contributed by atoms with Crippen molar-refractivity contribution in [3.63, 3.8) is 0 Å². The van der Waals surface area contributed by atoms with Gasteiger partial charge >= 0.3 is 0 Å². The van der Waals surface area contributed by atoms with Gasteiger partial charge in [0.2, 0.25) is 5.91 Å². The topological polar surface area (TPSA) is 61.0 Å². The maximum Gasteiger partial charge on any atom is 0.228 e. The predicted molar refractivity (Wildman–Crippen MR) is 108 cm³/mol. The molecule has 4 rings (SSSR count). The summed E-state index contributed by atoms with van der Waals surface area (Å²) in [5.74, 6) is 0.342. The van der Waals surface area contributed by atoms with Crippen LogP contribution in [0.5, 0.6) is 0 Å². The minimum atomic E-state index is -0.260. The highest BCUT2D eigenvalue weighted by atomic mass is 35.5. The summed E-state index contributed by atoms with van der Waals surface area (Å²) in [6.45, 7) is 1.88. The number of piperidine rings is 1. The van der Waals surface area contributed by atoms with E-state index >= 15 is 0 Å². The van der Waals surface area contributed by atoms with Gasteiger partial charge in [0.1, 0.15) is 5.82 Å². The standard InChI is InChI=1S/C20H21FN4O.ClH/c1-25-10-8-14(9-11-25)20(26)22-19-17-12-15(4-7-18(17)23-24-19)13-2-5-16(21)6-3-13;/h2-7,12,14H,8-11H2,1H3,(H2,22,23,24,26);1H. The van der Waals surface area contributed by atoms with Crippen LogP contribution in [0.4, 0.5) is 10.2 Å². The lowest BCUT2D eigenvalue weighted by Crippen LogP contribution is -2.36. The maximum absolute atomic E-state index is 13.1. The van der Waals surface area contributed by atoms with Crippen LogP contribution in [0.2, 0.25) is 0 Å². The third-order valence-corrected chi connectivity index (χ3v) is 5.07. The van der Waals surface area contributed by atoms with Crippen molar-refractivity contribution in [2.45, 2.75) is 12.8 Å². The first kappa shape index (κ1) is 19.3. The molecule has 2 N–H and O–H groups in total. The number of amides is 1. The molecule has 2 heterocycles. The molecule has 142 valence electrons. The normalized spacial score (nSPS) is 15.5. The number of hydrogen-bond acceptors (Lipinski definition) is 3. The summed E-state index contributed by atoms with van der Waals surface area (Å²) in [7, 11) is 2.08. The second-order valence-electron chi connectivity index (χ2n) is 6.91. The van der Waals surface area contributed by atoms with E-state index in [1.807, 2.05) is 18.2 Å². The maximum atomic E-state index is 13.1. The molecule has 1 aromatic heterocycles. The van der Waals surface area contributed by atoms with Crippen molar-refractivity contribution in [3.05, 3.63) is 48.3 Å². The fourth-order valence-electron chi connectivity index (χ4n) is 3.42. The Kier molecular flexibility index (Phi) is 5.77. The molecule has 0 radical (unpaired) electrons. The molecule has 0 aliphatic carbocycles. The van der Waals surface area contributed by atoms with Crippen LogP contribution >= 0.6 is 12.4 Å². The molecule has 0 spiro atoms. The molecular formula is C20H22ClFN4O. The van der Waals surface area contributed by atoms with Crippen LogP contribution in [0, 0.1) is 11.7 Å². The van der Waals surface area contributed by atoms with Gasteiger partial charge in [-0.1, -0.05) is 18.2 Å². The lowest BCUT2D eigenvalue weighted by molar-refractivity contribution is -0.121. The third kappa shape index (κ3) is 4.12. The van der Waals surface area contributed by atoms with Gasteiger partial charge < -0.3 is 10.2 Å². The van der Waals surface area contributed by atoms with Gasteiger partial charge in [-0.25, -0.2) is 4.39 Å². The Morgan fingerprint density at radius 1 is 1.15 bits per heavy atom. The van der Waals surface area contributed by atoms with Crippen LogP contribution in [0.15, 0.2) is 42.5 Å². The van der Waals surface area contributed by atoms with Crippen molar-refractivity contribution >= 4 is 35.0 Å². The summed E-state index contributed by atoms with van der Waals surface area (Å²) in [6, 6.07) is 12.2. The van der Waals surface area contributed by atoms with Crippen LogP contribution in [0.3, 0.4) is 0 Å². The second kappa shape index (κ2) is 8.06. The van der Waals surface area contributed by atoms with E-state index in [4.69, 9.17) is 0 Å². The van der Waals surface area contributed by atoms with E-state index in [1.165, 1.54) is 12.1 Å². The Hall–Kier alpha value is -2.44. The minimum Gasteiger partial charge on any atom is -0.308 e. The number of H-pyrrole nitrogens is 1. The summed E-state index contributed by atoms with van der Waals surface area (Å²) in [4.78, 5) is 14.8. The molecule has 7 heteroatoms. The number of hydrogen-bond donors (Lipinski definition) is 2. The molecular weight excluding hydrogens is 367 g/mol. The zero-order chi connectivity index (χ0) is 18.1. The zero-order valence-corrected chi connectivity index (χ0v) is 15.9. The first-order chi connectivity index (χ1) is 12.6. The Labute approximate surface area is 163 Å². The molecule has 5 nitrogen and oxygen atoms in total. The second-order valence-corrected chi connectivity index (χ2v) is 6.91. The highest BCUT2D eigenvalue weighted by Gasteiger charge is 2.24. The van der Waals surface area contributed by atoms with Crippen molar-refractivity contribution < 1.29 is 9.18 Å². The van der Waals surface area contributed by atoms with E-state index in [1.54, 1.807) is 12.1 Å². The number of halogens is 2. The van der Waals surface area contributed by atoms with Crippen molar-refractivity contribution in [1.29, 1.82) is 0 Å². The van der Waals surface area contributed by atoms with Crippen molar-refractivity contribution in [2.24, 2.45) is 5.92 Å². The highest BCUT2D eigenvalue weighted by Crippen LogP contribution is 2.28. The van der Waals surface area contributed by atoms with Gasteiger partial charge in [-0.05, 0) is 68.4 Å². The van der Waals surface area contributed by atoms with E-state index in [-0.39, 0.29) is 30.0 Å². The van der Waals surface area contributed by atoms with E-state index in [9.17, 15) is 9.18 Å². The van der Waals surface area contributed by atoms with Crippen LogP contribution < -0.4 is 5.32 Å². The number of nitrogens with zero attached hydrogens (tertiary/aromatic N) is 2. The Morgan fingerprint density at radius 3 is 2.52 bits per heavy atom. The van der Waals surface area contributed by atoms with E-state index < -0.39 is 0 Å². The first-order valence-corrected chi connectivity index (χ1v) is 8.83. The number of anilines is 1. The quantitative estimate of drug-likeness (QED) is 0.711. The number of fused-ring (bicyclic) bond motifs is 1. The van der Waals surface area contributed by atoms with Gasteiger partial charge in [0.25, 0.3) is 0 Å². The van der Waals surface area contributed by atoms with Gasteiger partial charge in [0.15, 0.2) is 5.82 Å². The average molecular weight is 389 g/mol. The van der Waals surface area contributed by atoms with Gasteiger partial charge in [-0.15, -0.1) is 12.4 Å². The fraction of sp³-hybridized carbons (Fsp3) is 0.300. The van der Waals surface area contributed by atoms with Gasteiger partial charge in [0.05, 0.1) is 5.52 Å². The predicted octanol–water partition coefficient (Wildman–Crippen LogP) is 4.07. The number of benzene rings is 2. The molecule has 0 unspecified atom stereocenters.